The van der Waals surface area contributed by atoms with Gasteiger partial charge in [0.05, 0.1) is 23.6 Å². The van der Waals surface area contributed by atoms with Gasteiger partial charge in [0.1, 0.15) is 4.60 Å². The van der Waals surface area contributed by atoms with Gasteiger partial charge in [0, 0.05) is 6.04 Å². The number of aromatic nitrogens is 3. The molecule has 0 aliphatic carbocycles. The molecule has 0 saturated carbocycles. The first-order valence-corrected chi connectivity index (χ1v) is 4.96. The lowest BCUT2D eigenvalue weighted by atomic mass is 10.3. The van der Waals surface area contributed by atoms with Crippen LogP contribution < -0.4 is 0 Å². The molecule has 0 atom stereocenters. The van der Waals surface area contributed by atoms with Crippen LogP contribution in [0.25, 0.3) is 11.0 Å². The van der Waals surface area contributed by atoms with Crippen molar-refractivity contribution in [2.24, 2.45) is 0 Å². The first-order chi connectivity index (χ1) is 6.18. The minimum Gasteiger partial charge on any atom is -0.327 e. The Morgan fingerprint density at radius 1 is 1.38 bits per heavy atom. The van der Waals surface area contributed by atoms with E-state index in [1.807, 2.05) is 18.6 Å². The Bertz CT molecular complexity index is 433. The second-order valence-corrected chi connectivity index (χ2v) is 4.05. The predicted molar refractivity (Wildman–Crippen MR) is 55.6 cm³/mol. The van der Waals surface area contributed by atoms with E-state index < -0.39 is 0 Å². The van der Waals surface area contributed by atoms with Gasteiger partial charge in [0.2, 0.25) is 0 Å². The van der Waals surface area contributed by atoms with Gasteiger partial charge in [0.15, 0.2) is 0 Å². The predicted octanol–water partition coefficient (Wildman–Crippen LogP) is 2.77. The summed E-state index contributed by atoms with van der Waals surface area (Å²) in [7, 11) is 0. The van der Waals surface area contributed by atoms with Crippen molar-refractivity contribution >= 4 is 27.0 Å². The van der Waals surface area contributed by atoms with Gasteiger partial charge in [-0.2, -0.15) is 0 Å². The fourth-order valence-electron chi connectivity index (χ4n) is 1.31. The zero-order valence-corrected chi connectivity index (χ0v) is 9.12. The van der Waals surface area contributed by atoms with Gasteiger partial charge in [0.25, 0.3) is 0 Å². The number of halogens is 1. The Morgan fingerprint density at radius 3 is 2.85 bits per heavy atom. The third kappa shape index (κ3) is 1.46. The zero-order chi connectivity index (χ0) is 9.42. The highest BCUT2D eigenvalue weighted by Gasteiger charge is 2.05. The highest BCUT2D eigenvalue weighted by atomic mass is 79.9. The Hall–Kier alpha value is -0.900. The molecular formula is C9H10BrN3. The molecule has 0 N–H and O–H groups in total. The lowest BCUT2D eigenvalue weighted by molar-refractivity contribution is 0.617. The molecular weight excluding hydrogens is 230 g/mol. The smallest absolute Gasteiger partial charge is 0.108 e. The summed E-state index contributed by atoms with van der Waals surface area (Å²) in [4.78, 5) is 8.47. The molecule has 0 radical (unpaired) electrons. The number of imidazole rings is 1. The summed E-state index contributed by atoms with van der Waals surface area (Å²) in [6.45, 7) is 4.26. The van der Waals surface area contributed by atoms with Crippen LogP contribution in [0.2, 0.25) is 0 Å². The molecule has 0 aliphatic heterocycles. The summed E-state index contributed by atoms with van der Waals surface area (Å²) in [6, 6.07) is 2.35. The largest absolute Gasteiger partial charge is 0.327 e. The highest BCUT2D eigenvalue weighted by Crippen LogP contribution is 2.18. The normalized spacial score (nSPS) is 11.4. The molecule has 0 unspecified atom stereocenters. The molecule has 2 aromatic heterocycles. The first-order valence-electron chi connectivity index (χ1n) is 4.16. The van der Waals surface area contributed by atoms with Gasteiger partial charge in [-0.05, 0) is 35.8 Å². The number of nitrogens with zero attached hydrogens (tertiary/aromatic N) is 3. The minimum atomic E-state index is 0.424. The fourth-order valence-corrected chi connectivity index (χ4v) is 1.63. The quantitative estimate of drug-likeness (QED) is 0.717. The average molecular weight is 240 g/mol. The summed E-state index contributed by atoms with van der Waals surface area (Å²) in [6.07, 6.45) is 3.69. The van der Waals surface area contributed by atoms with E-state index >= 15 is 0 Å². The number of hydrogen-bond donors (Lipinski definition) is 0. The van der Waals surface area contributed by atoms with Crippen LogP contribution in [-0.4, -0.2) is 14.5 Å². The monoisotopic (exact) mass is 239 g/mol. The van der Waals surface area contributed by atoms with Crippen molar-refractivity contribution in [3.63, 3.8) is 0 Å². The minimum absolute atomic E-state index is 0.424. The molecule has 13 heavy (non-hydrogen) atoms. The SMILES string of the molecule is CC(C)n1cnc2cc(Br)ncc21. The first kappa shape index (κ1) is 8.69. The van der Waals surface area contributed by atoms with Crippen LogP contribution in [0.5, 0.6) is 0 Å². The van der Waals surface area contributed by atoms with Gasteiger partial charge in [-0.25, -0.2) is 9.97 Å². The number of hydrogen-bond acceptors (Lipinski definition) is 2. The average Bonchev–Trinajstić information content (AvgIpc) is 2.46. The van der Waals surface area contributed by atoms with Crippen molar-refractivity contribution in [2.75, 3.05) is 0 Å². The molecule has 0 bridgehead atoms. The molecule has 0 aliphatic rings. The van der Waals surface area contributed by atoms with Gasteiger partial charge in [-0.3, -0.25) is 0 Å². The summed E-state index contributed by atoms with van der Waals surface area (Å²) >= 11 is 3.32. The molecule has 0 amide bonds. The maximum Gasteiger partial charge on any atom is 0.108 e. The van der Waals surface area contributed by atoms with E-state index in [0.717, 1.165) is 15.6 Å². The van der Waals surface area contributed by atoms with Crippen LogP contribution in [0.4, 0.5) is 0 Å². The van der Waals surface area contributed by atoms with Crippen molar-refractivity contribution in [3.8, 4) is 0 Å². The van der Waals surface area contributed by atoms with Crippen LogP contribution in [0, 0.1) is 0 Å². The van der Waals surface area contributed by atoms with Crippen molar-refractivity contribution in [2.45, 2.75) is 19.9 Å². The molecule has 3 nitrogen and oxygen atoms in total. The van der Waals surface area contributed by atoms with Crippen LogP contribution in [-0.2, 0) is 0 Å². The van der Waals surface area contributed by atoms with E-state index in [9.17, 15) is 0 Å². The maximum atomic E-state index is 4.29. The standard InChI is InChI=1S/C9H10BrN3/c1-6(2)13-5-12-7-3-9(10)11-4-8(7)13/h3-6H,1-2H3. The molecule has 4 heteroatoms. The summed E-state index contributed by atoms with van der Waals surface area (Å²) < 4.78 is 2.93. The van der Waals surface area contributed by atoms with Crippen LogP contribution in [0.3, 0.4) is 0 Å². The molecule has 0 saturated heterocycles. The second kappa shape index (κ2) is 3.10. The number of fused-ring (bicyclic) bond motifs is 1. The van der Waals surface area contributed by atoms with Crippen molar-refractivity contribution in [1.29, 1.82) is 0 Å². The maximum absolute atomic E-state index is 4.29. The molecule has 2 aromatic rings. The Labute approximate surface area is 84.9 Å². The Balaban J connectivity index is 2.69. The van der Waals surface area contributed by atoms with E-state index in [1.165, 1.54) is 0 Å². The highest BCUT2D eigenvalue weighted by molar-refractivity contribution is 9.10. The Kier molecular flexibility index (Phi) is 2.07. The summed E-state index contributed by atoms with van der Waals surface area (Å²) in [5.41, 5.74) is 2.06. The Morgan fingerprint density at radius 2 is 2.15 bits per heavy atom. The lowest BCUT2D eigenvalue weighted by Gasteiger charge is -2.06. The van der Waals surface area contributed by atoms with E-state index in [1.54, 1.807) is 0 Å². The van der Waals surface area contributed by atoms with Gasteiger partial charge in [-0.1, -0.05) is 0 Å². The molecule has 0 fully saturated rings. The van der Waals surface area contributed by atoms with E-state index in [0.29, 0.717) is 6.04 Å². The number of rotatable bonds is 1. The molecule has 68 valence electrons. The zero-order valence-electron chi connectivity index (χ0n) is 7.53. The third-order valence-corrected chi connectivity index (χ3v) is 2.42. The lowest BCUT2D eigenvalue weighted by Crippen LogP contribution is -1.98. The van der Waals surface area contributed by atoms with E-state index in [2.05, 4.69) is 44.3 Å². The van der Waals surface area contributed by atoms with Gasteiger partial charge < -0.3 is 4.57 Å². The summed E-state index contributed by atoms with van der Waals surface area (Å²) in [5.74, 6) is 0. The van der Waals surface area contributed by atoms with Crippen molar-refractivity contribution in [3.05, 3.63) is 23.2 Å². The number of pyridine rings is 1. The van der Waals surface area contributed by atoms with Crippen LogP contribution in [0.1, 0.15) is 19.9 Å². The van der Waals surface area contributed by atoms with E-state index in [4.69, 9.17) is 0 Å². The fraction of sp³-hybridized carbons (Fsp3) is 0.333. The molecule has 0 aromatic carbocycles. The third-order valence-electron chi connectivity index (χ3n) is 1.98. The van der Waals surface area contributed by atoms with Gasteiger partial charge >= 0.3 is 0 Å². The van der Waals surface area contributed by atoms with Crippen molar-refractivity contribution < 1.29 is 0 Å². The molecule has 0 spiro atoms. The molecule has 2 heterocycles. The van der Waals surface area contributed by atoms with Crippen molar-refractivity contribution in [1.82, 2.24) is 14.5 Å². The van der Waals surface area contributed by atoms with Gasteiger partial charge in [-0.15, -0.1) is 0 Å². The van der Waals surface area contributed by atoms with Crippen LogP contribution >= 0.6 is 15.9 Å². The van der Waals surface area contributed by atoms with E-state index in [-0.39, 0.29) is 0 Å². The van der Waals surface area contributed by atoms with Crippen LogP contribution in [0.15, 0.2) is 23.2 Å². The topological polar surface area (TPSA) is 30.7 Å². The summed E-state index contributed by atoms with van der Waals surface area (Å²) in [5, 5.41) is 0. The second-order valence-electron chi connectivity index (χ2n) is 3.24. The molecule has 2 rings (SSSR count).